The maximum Gasteiger partial charge on any atom is 0.327 e. The van der Waals surface area contributed by atoms with Gasteiger partial charge in [-0.15, -0.1) is 0 Å². The molecule has 10 heteroatoms. The lowest BCUT2D eigenvalue weighted by atomic mass is 9.95. The highest BCUT2D eigenvalue weighted by Gasteiger charge is 2.50. The van der Waals surface area contributed by atoms with Gasteiger partial charge in [0.15, 0.2) is 11.5 Å². The molecule has 0 spiro atoms. The highest BCUT2D eigenvalue weighted by molar-refractivity contribution is 6.42. The maximum absolute atomic E-state index is 15.4. The number of hydrogen-bond donors (Lipinski definition) is 2. The van der Waals surface area contributed by atoms with Gasteiger partial charge in [-0.3, -0.25) is 4.79 Å². The summed E-state index contributed by atoms with van der Waals surface area (Å²) in [6.45, 7) is 2.65. The van der Waals surface area contributed by atoms with E-state index in [1.807, 2.05) is 0 Å². The van der Waals surface area contributed by atoms with Gasteiger partial charge in [0.2, 0.25) is 0 Å². The largest absolute Gasteiger partial charge is 0.486 e. The van der Waals surface area contributed by atoms with E-state index < -0.39 is 29.9 Å². The lowest BCUT2D eigenvalue weighted by Crippen LogP contribution is -2.54. The van der Waals surface area contributed by atoms with E-state index in [1.165, 1.54) is 0 Å². The summed E-state index contributed by atoms with van der Waals surface area (Å²) in [6, 6.07) is 7.24. The third kappa shape index (κ3) is 5.14. The molecule has 5 rings (SSSR count). The zero-order valence-corrected chi connectivity index (χ0v) is 21.1. The standard InChI is InChI=1S/C26H28Cl2F2N2O4/c27-19-11-16-9-18(10-17(16)12-20(19)28)26(29,30)25(34)31-21(14-32-5-1-2-6-32)24(33)15-3-4-22-23(13-15)36-8-7-35-22/h3-4,11-13,18,21,24,33H,1-2,5-10,14H2,(H,31,34)/t21-,24-/m1/s1. The van der Waals surface area contributed by atoms with E-state index in [2.05, 4.69) is 10.2 Å². The van der Waals surface area contributed by atoms with Crippen LogP contribution in [0.2, 0.25) is 10.0 Å². The normalized spacial score (nSPS) is 19.7. The molecule has 0 unspecified atom stereocenters. The Morgan fingerprint density at radius 2 is 1.67 bits per heavy atom. The quantitative estimate of drug-likeness (QED) is 0.543. The number of nitrogens with zero attached hydrogens (tertiary/aromatic N) is 1. The van der Waals surface area contributed by atoms with Crippen molar-refractivity contribution in [1.29, 1.82) is 0 Å². The molecule has 0 bridgehead atoms. The maximum atomic E-state index is 15.4. The second-order valence-corrected chi connectivity index (χ2v) is 10.5. The third-order valence-corrected chi connectivity index (χ3v) is 7.97. The van der Waals surface area contributed by atoms with Crippen molar-refractivity contribution in [3.63, 3.8) is 0 Å². The highest BCUT2D eigenvalue weighted by Crippen LogP contribution is 2.41. The molecule has 1 aliphatic carbocycles. The van der Waals surface area contributed by atoms with Gasteiger partial charge >= 0.3 is 5.92 Å². The molecule has 6 nitrogen and oxygen atoms in total. The molecule has 0 aromatic heterocycles. The number of aliphatic hydroxyl groups excluding tert-OH is 1. The van der Waals surface area contributed by atoms with Crippen molar-refractivity contribution in [1.82, 2.24) is 10.2 Å². The topological polar surface area (TPSA) is 71.0 Å². The summed E-state index contributed by atoms with van der Waals surface area (Å²) in [6.07, 6.45) is 0.812. The molecule has 2 atom stereocenters. The average Bonchev–Trinajstić information content (AvgIpc) is 3.53. The first-order valence-electron chi connectivity index (χ1n) is 12.2. The van der Waals surface area contributed by atoms with Crippen LogP contribution in [-0.4, -0.2) is 60.7 Å². The molecule has 36 heavy (non-hydrogen) atoms. The SMILES string of the molecule is O=C(N[C@H](CN1CCCC1)[C@H](O)c1ccc2c(c1)OCCO2)C(F)(F)C1Cc2cc(Cl)c(Cl)cc2C1. The Bertz CT molecular complexity index is 1110. The number of benzene rings is 2. The van der Waals surface area contributed by atoms with Crippen LogP contribution in [0.4, 0.5) is 8.78 Å². The fraction of sp³-hybridized carbons (Fsp3) is 0.500. The number of rotatable bonds is 7. The van der Waals surface area contributed by atoms with Gasteiger partial charge in [-0.25, -0.2) is 0 Å². The average molecular weight is 541 g/mol. The van der Waals surface area contributed by atoms with Gasteiger partial charge in [-0.1, -0.05) is 29.3 Å². The smallest absolute Gasteiger partial charge is 0.327 e. The van der Waals surface area contributed by atoms with Crippen LogP contribution < -0.4 is 14.8 Å². The van der Waals surface area contributed by atoms with Gasteiger partial charge in [0.05, 0.1) is 16.1 Å². The van der Waals surface area contributed by atoms with Crippen molar-refractivity contribution in [2.45, 2.75) is 43.8 Å². The molecule has 2 aromatic rings. The molecule has 2 N–H and O–H groups in total. The van der Waals surface area contributed by atoms with Crippen LogP contribution in [0.15, 0.2) is 30.3 Å². The van der Waals surface area contributed by atoms with E-state index >= 15 is 8.78 Å². The number of carbonyl (C=O) groups is 1. The molecule has 2 aromatic carbocycles. The second-order valence-electron chi connectivity index (χ2n) is 9.70. The van der Waals surface area contributed by atoms with Crippen LogP contribution in [0.1, 0.15) is 35.6 Å². The van der Waals surface area contributed by atoms with E-state index in [0.29, 0.717) is 51.4 Å². The number of likely N-dealkylation sites (tertiary alicyclic amines) is 1. The first-order chi connectivity index (χ1) is 17.2. The monoisotopic (exact) mass is 540 g/mol. The Kier molecular flexibility index (Phi) is 7.32. The summed E-state index contributed by atoms with van der Waals surface area (Å²) in [5, 5.41) is 14.3. The first-order valence-corrected chi connectivity index (χ1v) is 12.9. The first kappa shape index (κ1) is 25.5. The molecule has 2 aliphatic heterocycles. The van der Waals surface area contributed by atoms with Crippen LogP contribution in [0, 0.1) is 5.92 Å². The Hall–Kier alpha value is -2.13. The molecule has 0 saturated carbocycles. The summed E-state index contributed by atoms with van der Waals surface area (Å²) in [5.74, 6) is -5.22. The van der Waals surface area contributed by atoms with Crippen molar-refractivity contribution in [3.8, 4) is 11.5 Å². The molecule has 1 fully saturated rings. The summed E-state index contributed by atoms with van der Waals surface area (Å²) >= 11 is 12.1. The fourth-order valence-electron chi connectivity index (χ4n) is 5.26. The number of hydrogen-bond acceptors (Lipinski definition) is 5. The van der Waals surface area contributed by atoms with E-state index in [-0.39, 0.29) is 19.4 Å². The van der Waals surface area contributed by atoms with E-state index in [1.54, 1.807) is 30.3 Å². The number of ether oxygens (including phenoxy) is 2. The second kappa shape index (κ2) is 10.3. The number of alkyl halides is 2. The zero-order valence-electron chi connectivity index (χ0n) is 19.6. The summed E-state index contributed by atoms with van der Waals surface area (Å²) in [4.78, 5) is 15.1. The van der Waals surface area contributed by atoms with Crippen LogP contribution in [0.25, 0.3) is 0 Å². The zero-order chi connectivity index (χ0) is 25.4. The van der Waals surface area contributed by atoms with E-state index in [9.17, 15) is 9.90 Å². The summed E-state index contributed by atoms with van der Waals surface area (Å²) in [7, 11) is 0. The highest BCUT2D eigenvalue weighted by atomic mass is 35.5. The van der Waals surface area contributed by atoms with Gasteiger partial charge in [0.1, 0.15) is 19.3 Å². The summed E-state index contributed by atoms with van der Waals surface area (Å²) in [5.41, 5.74) is 1.81. The van der Waals surface area contributed by atoms with Crippen LogP contribution in [0.5, 0.6) is 11.5 Å². The molecule has 194 valence electrons. The van der Waals surface area contributed by atoms with Crippen LogP contribution in [0.3, 0.4) is 0 Å². The molecular formula is C26H28Cl2F2N2O4. The number of nitrogens with one attached hydrogen (secondary N) is 1. The van der Waals surface area contributed by atoms with Crippen molar-refractivity contribution < 1.29 is 28.2 Å². The Labute approximate surface area is 218 Å². The van der Waals surface area contributed by atoms with Gasteiger partial charge < -0.3 is 24.8 Å². The molecule has 0 radical (unpaired) electrons. The summed E-state index contributed by atoms with van der Waals surface area (Å²) < 4.78 is 42.0. The lowest BCUT2D eigenvalue weighted by Gasteiger charge is -2.31. The Balaban J connectivity index is 1.34. The molecule has 3 aliphatic rings. The van der Waals surface area contributed by atoms with Crippen molar-refractivity contribution in [2.24, 2.45) is 5.92 Å². The Morgan fingerprint density at radius 3 is 2.31 bits per heavy atom. The minimum absolute atomic E-state index is 0.0220. The number of aliphatic hydroxyl groups is 1. The van der Waals surface area contributed by atoms with Crippen molar-refractivity contribution >= 4 is 29.1 Å². The predicted molar refractivity (Wildman–Crippen MR) is 132 cm³/mol. The third-order valence-electron chi connectivity index (χ3n) is 7.25. The van der Waals surface area contributed by atoms with Gasteiger partial charge in [0, 0.05) is 12.5 Å². The van der Waals surface area contributed by atoms with Gasteiger partial charge in [-0.05, 0) is 79.7 Å². The predicted octanol–water partition coefficient (Wildman–Crippen LogP) is 4.43. The molecular weight excluding hydrogens is 513 g/mol. The fourth-order valence-corrected chi connectivity index (χ4v) is 5.64. The van der Waals surface area contributed by atoms with Gasteiger partial charge in [0.25, 0.3) is 5.91 Å². The number of carbonyl (C=O) groups excluding carboxylic acids is 1. The van der Waals surface area contributed by atoms with Crippen LogP contribution >= 0.6 is 23.2 Å². The van der Waals surface area contributed by atoms with Crippen molar-refractivity contribution in [2.75, 3.05) is 32.8 Å². The minimum atomic E-state index is -3.65. The molecule has 1 amide bonds. The van der Waals surface area contributed by atoms with Gasteiger partial charge in [-0.2, -0.15) is 8.78 Å². The molecule has 2 heterocycles. The Morgan fingerprint density at radius 1 is 1.06 bits per heavy atom. The lowest BCUT2D eigenvalue weighted by molar-refractivity contribution is -0.155. The van der Waals surface area contributed by atoms with Crippen LogP contribution in [-0.2, 0) is 17.6 Å². The van der Waals surface area contributed by atoms with E-state index in [0.717, 1.165) is 25.9 Å². The number of halogens is 4. The molecule has 1 saturated heterocycles. The van der Waals surface area contributed by atoms with E-state index in [4.69, 9.17) is 32.7 Å². The minimum Gasteiger partial charge on any atom is -0.486 e. The number of amides is 1. The van der Waals surface area contributed by atoms with Crippen molar-refractivity contribution in [3.05, 3.63) is 57.1 Å². The number of fused-ring (bicyclic) bond motifs is 2.